The number of ketones is 1. The molecular weight excluding hydrogens is 188 g/mol. The van der Waals surface area contributed by atoms with Crippen molar-refractivity contribution in [2.75, 3.05) is 0 Å². The molecule has 0 atom stereocenters. The number of carboxylic acid groups (broad SMARTS) is 1. The Balaban J connectivity index is 3.08. The van der Waals surface area contributed by atoms with E-state index < -0.39 is 5.97 Å². The van der Waals surface area contributed by atoms with Gasteiger partial charge in [0.25, 0.3) is 0 Å². The minimum Gasteiger partial charge on any atom is -0.481 e. The minimum atomic E-state index is -0.899. The van der Waals surface area contributed by atoms with E-state index in [2.05, 4.69) is 0 Å². The number of carbonyl (C=O) groups is 2. The molecule has 0 aromatic carbocycles. The first-order chi connectivity index (χ1) is 6.02. The Morgan fingerprint density at radius 1 is 1.54 bits per heavy atom. The summed E-state index contributed by atoms with van der Waals surface area (Å²) in [4.78, 5) is 22.1. The molecule has 0 spiro atoms. The molecule has 4 heteroatoms. The van der Waals surface area contributed by atoms with E-state index in [4.69, 9.17) is 5.11 Å². The zero-order chi connectivity index (χ0) is 10.0. The van der Waals surface area contributed by atoms with E-state index in [0.717, 1.165) is 5.56 Å². The molecule has 1 N–H and O–H groups in total. The maximum atomic E-state index is 11.1. The number of carboxylic acids is 1. The molecule has 3 nitrogen and oxygen atoms in total. The van der Waals surface area contributed by atoms with Crippen LogP contribution in [0.2, 0.25) is 0 Å². The molecule has 0 saturated carbocycles. The number of rotatable bonds is 3. The van der Waals surface area contributed by atoms with Gasteiger partial charge in [-0.1, -0.05) is 0 Å². The van der Waals surface area contributed by atoms with Gasteiger partial charge < -0.3 is 5.11 Å². The highest BCUT2D eigenvalue weighted by atomic mass is 32.1. The zero-order valence-electron chi connectivity index (χ0n) is 7.46. The monoisotopic (exact) mass is 198 g/mol. The van der Waals surface area contributed by atoms with Crippen LogP contribution < -0.4 is 0 Å². The van der Waals surface area contributed by atoms with Gasteiger partial charge in [-0.3, -0.25) is 9.59 Å². The van der Waals surface area contributed by atoms with Crippen molar-refractivity contribution in [2.45, 2.75) is 20.3 Å². The lowest BCUT2D eigenvalue weighted by atomic mass is 10.1. The third-order valence-corrected chi connectivity index (χ3v) is 2.99. The average Bonchev–Trinajstić information content (AvgIpc) is 2.32. The van der Waals surface area contributed by atoms with Crippen LogP contribution in [0.3, 0.4) is 0 Å². The van der Waals surface area contributed by atoms with Gasteiger partial charge in [-0.05, 0) is 30.4 Å². The lowest BCUT2D eigenvalue weighted by Crippen LogP contribution is -2.04. The van der Waals surface area contributed by atoms with Crippen LogP contribution in [0.5, 0.6) is 0 Å². The number of aliphatic carboxylic acids is 1. The van der Waals surface area contributed by atoms with Gasteiger partial charge in [-0.2, -0.15) is 0 Å². The van der Waals surface area contributed by atoms with Gasteiger partial charge in [0.15, 0.2) is 5.78 Å². The fourth-order valence-electron chi connectivity index (χ4n) is 1.14. The molecule has 0 aliphatic rings. The normalized spacial score (nSPS) is 10.0. The summed E-state index contributed by atoms with van der Waals surface area (Å²) >= 11 is 1.31. The molecule has 70 valence electrons. The summed E-state index contributed by atoms with van der Waals surface area (Å²) in [6.45, 7) is 3.28. The first-order valence-electron chi connectivity index (χ1n) is 3.82. The molecule has 1 heterocycles. The van der Waals surface area contributed by atoms with Gasteiger partial charge in [-0.25, -0.2) is 0 Å². The third kappa shape index (κ3) is 2.15. The molecule has 1 aromatic rings. The molecule has 0 fully saturated rings. The SMILES string of the molecule is CC(=O)c1scc(C)c1CC(=O)O. The summed E-state index contributed by atoms with van der Waals surface area (Å²) in [6.07, 6.45) is -0.0652. The smallest absolute Gasteiger partial charge is 0.307 e. The van der Waals surface area contributed by atoms with E-state index in [0.29, 0.717) is 10.4 Å². The van der Waals surface area contributed by atoms with Crippen molar-refractivity contribution < 1.29 is 14.7 Å². The van der Waals surface area contributed by atoms with Crippen molar-refractivity contribution in [3.63, 3.8) is 0 Å². The molecule has 0 amide bonds. The number of thiophene rings is 1. The van der Waals surface area contributed by atoms with Crippen LogP contribution in [-0.4, -0.2) is 16.9 Å². The summed E-state index contributed by atoms with van der Waals surface area (Å²) in [7, 11) is 0. The van der Waals surface area contributed by atoms with Crippen LogP contribution in [0.4, 0.5) is 0 Å². The summed E-state index contributed by atoms with van der Waals surface area (Å²) < 4.78 is 0. The molecule has 0 radical (unpaired) electrons. The van der Waals surface area contributed by atoms with Crippen molar-refractivity contribution >= 4 is 23.1 Å². The number of carbonyl (C=O) groups excluding carboxylic acids is 1. The Bertz CT molecular complexity index is 352. The number of hydrogen-bond acceptors (Lipinski definition) is 3. The second-order valence-electron chi connectivity index (χ2n) is 2.85. The number of aryl methyl sites for hydroxylation is 1. The molecule has 0 saturated heterocycles. The largest absolute Gasteiger partial charge is 0.481 e. The Morgan fingerprint density at radius 3 is 2.62 bits per heavy atom. The van der Waals surface area contributed by atoms with Crippen LogP contribution in [0.1, 0.15) is 27.7 Å². The molecular formula is C9H10O3S. The molecule has 0 unspecified atom stereocenters. The lowest BCUT2D eigenvalue weighted by molar-refractivity contribution is -0.136. The Morgan fingerprint density at radius 2 is 2.15 bits per heavy atom. The van der Waals surface area contributed by atoms with Gasteiger partial charge >= 0.3 is 5.97 Å². The molecule has 13 heavy (non-hydrogen) atoms. The predicted molar refractivity (Wildman–Crippen MR) is 50.4 cm³/mol. The van der Waals surface area contributed by atoms with E-state index in [1.165, 1.54) is 18.3 Å². The van der Waals surface area contributed by atoms with Gasteiger partial charge in [0.05, 0.1) is 11.3 Å². The average molecular weight is 198 g/mol. The Hall–Kier alpha value is -1.16. The van der Waals surface area contributed by atoms with E-state index in [1.807, 2.05) is 12.3 Å². The predicted octanol–water partition coefficient (Wildman–Crippen LogP) is 1.89. The van der Waals surface area contributed by atoms with Crippen molar-refractivity contribution in [3.8, 4) is 0 Å². The van der Waals surface area contributed by atoms with Gasteiger partial charge in [0.1, 0.15) is 0 Å². The molecule has 1 aromatic heterocycles. The first-order valence-corrected chi connectivity index (χ1v) is 4.70. The van der Waals surface area contributed by atoms with Crippen molar-refractivity contribution in [2.24, 2.45) is 0 Å². The number of hydrogen-bond donors (Lipinski definition) is 1. The quantitative estimate of drug-likeness (QED) is 0.754. The van der Waals surface area contributed by atoms with E-state index >= 15 is 0 Å². The highest BCUT2D eigenvalue weighted by molar-refractivity contribution is 7.12. The van der Waals surface area contributed by atoms with E-state index in [-0.39, 0.29) is 12.2 Å². The molecule has 0 aliphatic heterocycles. The lowest BCUT2D eigenvalue weighted by Gasteiger charge is -1.98. The second-order valence-corrected chi connectivity index (χ2v) is 3.73. The molecule has 0 bridgehead atoms. The number of Topliss-reactive ketones (excluding diaryl/α,β-unsaturated/α-hetero) is 1. The van der Waals surface area contributed by atoms with Crippen LogP contribution in [0.15, 0.2) is 5.38 Å². The maximum absolute atomic E-state index is 11.1. The van der Waals surface area contributed by atoms with Crippen molar-refractivity contribution in [1.82, 2.24) is 0 Å². The summed E-state index contributed by atoms with van der Waals surface area (Å²) in [5, 5.41) is 10.4. The highest BCUT2D eigenvalue weighted by Crippen LogP contribution is 2.22. The van der Waals surface area contributed by atoms with Crippen molar-refractivity contribution in [3.05, 3.63) is 21.4 Å². The first kappa shape index (κ1) is 9.92. The third-order valence-electron chi connectivity index (χ3n) is 1.75. The topological polar surface area (TPSA) is 54.4 Å². The van der Waals surface area contributed by atoms with Crippen LogP contribution in [0.25, 0.3) is 0 Å². The maximum Gasteiger partial charge on any atom is 0.307 e. The second kappa shape index (κ2) is 3.70. The zero-order valence-corrected chi connectivity index (χ0v) is 8.27. The van der Waals surface area contributed by atoms with E-state index in [1.54, 1.807) is 0 Å². The van der Waals surface area contributed by atoms with Gasteiger partial charge in [-0.15, -0.1) is 11.3 Å². The van der Waals surface area contributed by atoms with Crippen LogP contribution >= 0.6 is 11.3 Å². The summed E-state index contributed by atoms with van der Waals surface area (Å²) in [5.41, 5.74) is 1.54. The highest BCUT2D eigenvalue weighted by Gasteiger charge is 2.14. The van der Waals surface area contributed by atoms with Gasteiger partial charge in [0.2, 0.25) is 0 Å². The molecule has 0 aliphatic carbocycles. The Kier molecular flexibility index (Phi) is 2.83. The van der Waals surface area contributed by atoms with E-state index in [9.17, 15) is 9.59 Å². The standard InChI is InChI=1S/C9H10O3S/c1-5-4-13-9(6(2)10)7(5)3-8(11)12/h4H,3H2,1-2H3,(H,11,12). The summed E-state index contributed by atoms with van der Waals surface area (Å²) in [6, 6.07) is 0. The van der Waals surface area contributed by atoms with Crippen LogP contribution in [0, 0.1) is 6.92 Å². The minimum absolute atomic E-state index is 0.0608. The van der Waals surface area contributed by atoms with Crippen LogP contribution in [-0.2, 0) is 11.2 Å². The van der Waals surface area contributed by atoms with Gasteiger partial charge in [0, 0.05) is 0 Å². The Labute approximate surface area is 80.0 Å². The summed E-state index contributed by atoms with van der Waals surface area (Å²) in [5.74, 6) is -0.960. The molecule has 1 rings (SSSR count). The fourth-order valence-corrected chi connectivity index (χ4v) is 2.11. The van der Waals surface area contributed by atoms with Crippen molar-refractivity contribution in [1.29, 1.82) is 0 Å². The fraction of sp³-hybridized carbons (Fsp3) is 0.333.